The number of rotatable bonds is 6. The topological polar surface area (TPSA) is 109 Å². The van der Waals surface area contributed by atoms with Crippen LogP contribution < -0.4 is 10.2 Å². The van der Waals surface area contributed by atoms with Gasteiger partial charge in [0.15, 0.2) is 9.84 Å². The minimum absolute atomic E-state index is 0.0827. The molecule has 1 aromatic carbocycles. The molecule has 0 aliphatic carbocycles. The number of benzene rings is 1. The van der Waals surface area contributed by atoms with E-state index in [-0.39, 0.29) is 28.2 Å². The van der Waals surface area contributed by atoms with Crippen LogP contribution >= 0.6 is 23.2 Å². The van der Waals surface area contributed by atoms with Crippen molar-refractivity contribution in [2.45, 2.75) is 10.8 Å². The number of sulfone groups is 1. The number of carbonyl (C=O) groups excluding carboxylic acids is 2. The first-order valence-corrected chi connectivity index (χ1v) is 13.7. The zero-order valence-corrected chi connectivity index (χ0v) is 21.7. The molecule has 35 heavy (non-hydrogen) atoms. The molecule has 0 radical (unpaired) electrons. The Hall–Kier alpha value is -2.40. The molecule has 2 saturated heterocycles. The van der Waals surface area contributed by atoms with Crippen molar-refractivity contribution < 1.29 is 22.7 Å². The average molecular weight is 541 g/mol. The quantitative estimate of drug-likeness (QED) is 0.598. The fraction of sp³-hybridized carbons (Fsp3) is 0.435. The number of halogens is 2. The summed E-state index contributed by atoms with van der Waals surface area (Å²) in [5.74, 6) is -0.639. The molecule has 0 spiro atoms. The van der Waals surface area contributed by atoms with Gasteiger partial charge in [-0.3, -0.25) is 9.59 Å². The molecule has 2 aliphatic rings. The maximum atomic E-state index is 13.4. The van der Waals surface area contributed by atoms with Crippen LogP contribution in [0.1, 0.15) is 21.8 Å². The van der Waals surface area contributed by atoms with Crippen LogP contribution in [-0.4, -0.2) is 82.8 Å². The molecule has 2 aliphatic heterocycles. The van der Waals surface area contributed by atoms with Crippen molar-refractivity contribution in [2.75, 3.05) is 57.6 Å². The zero-order valence-electron chi connectivity index (χ0n) is 19.3. The number of nitrogens with zero attached hydrogens (tertiary/aromatic N) is 3. The minimum atomic E-state index is -3.74. The van der Waals surface area contributed by atoms with Crippen LogP contribution in [-0.2, 0) is 19.4 Å². The molecular formula is C23H26Cl2N4O5S. The molecule has 2 atom stereocenters. The van der Waals surface area contributed by atoms with E-state index >= 15 is 0 Å². The molecule has 0 bridgehead atoms. The number of hydrogen-bond donors (Lipinski definition) is 1. The molecule has 188 valence electrons. The van der Waals surface area contributed by atoms with Crippen molar-refractivity contribution in [3.8, 4) is 0 Å². The van der Waals surface area contributed by atoms with E-state index in [0.717, 1.165) is 6.26 Å². The second-order valence-corrected chi connectivity index (χ2v) is 11.5. The lowest BCUT2D eigenvalue weighted by atomic mass is 9.88. The standard InChI is InChI=1S/C23H26Cl2N4O5S/c1-34-13-15-11-27-22(30)20(15)14-3-4-17(19(9-14)35(2,32)33)23(31)29-7-5-28(6-8-29)21-18(25)10-16(24)12-26-21/h3-4,9-10,12,15,20H,5-8,11,13H2,1-2H3,(H,27,30)/t15?,20-/m0/s1. The van der Waals surface area contributed by atoms with Gasteiger partial charge < -0.3 is 19.9 Å². The summed E-state index contributed by atoms with van der Waals surface area (Å²) in [5.41, 5.74) is 0.640. The first kappa shape index (κ1) is 25.7. The number of nitrogens with one attached hydrogen (secondary N) is 1. The summed E-state index contributed by atoms with van der Waals surface area (Å²) in [6, 6.07) is 6.24. The Kier molecular flexibility index (Phi) is 7.56. The zero-order chi connectivity index (χ0) is 25.3. The van der Waals surface area contributed by atoms with E-state index in [4.69, 9.17) is 27.9 Å². The number of amides is 2. The number of pyridine rings is 1. The molecule has 4 rings (SSSR count). The van der Waals surface area contributed by atoms with Gasteiger partial charge in [0.2, 0.25) is 5.91 Å². The van der Waals surface area contributed by atoms with Crippen LogP contribution in [0.2, 0.25) is 10.0 Å². The number of carbonyl (C=O) groups is 2. The molecule has 2 aromatic rings. The number of methoxy groups -OCH3 is 1. The average Bonchev–Trinajstić information content (AvgIpc) is 3.18. The second kappa shape index (κ2) is 10.3. The Morgan fingerprint density at radius 1 is 1.20 bits per heavy atom. The van der Waals surface area contributed by atoms with E-state index in [2.05, 4.69) is 10.3 Å². The molecule has 1 aromatic heterocycles. The van der Waals surface area contributed by atoms with Gasteiger partial charge in [-0.25, -0.2) is 13.4 Å². The van der Waals surface area contributed by atoms with Crippen molar-refractivity contribution in [3.05, 3.63) is 51.6 Å². The van der Waals surface area contributed by atoms with Gasteiger partial charge in [0.05, 0.1) is 33.0 Å². The van der Waals surface area contributed by atoms with Gasteiger partial charge in [0.1, 0.15) is 5.82 Å². The molecular weight excluding hydrogens is 515 g/mol. The predicted octanol–water partition coefficient (Wildman–Crippen LogP) is 2.23. The number of aromatic nitrogens is 1. The molecule has 12 heteroatoms. The Morgan fingerprint density at radius 3 is 2.54 bits per heavy atom. The Balaban J connectivity index is 1.56. The highest BCUT2D eigenvalue weighted by molar-refractivity contribution is 7.90. The molecule has 0 saturated carbocycles. The highest BCUT2D eigenvalue weighted by atomic mass is 35.5. The van der Waals surface area contributed by atoms with Crippen molar-refractivity contribution in [1.82, 2.24) is 15.2 Å². The van der Waals surface area contributed by atoms with Crippen molar-refractivity contribution in [1.29, 1.82) is 0 Å². The number of ether oxygens (including phenoxy) is 1. The van der Waals surface area contributed by atoms with Gasteiger partial charge in [-0.1, -0.05) is 29.3 Å². The predicted molar refractivity (Wildman–Crippen MR) is 133 cm³/mol. The smallest absolute Gasteiger partial charge is 0.255 e. The first-order valence-electron chi connectivity index (χ1n) is 11.1. The summed E-state index contributed by atoms with van der Waals surface area (Å²) in [5, 5.41) is 3.67. The van der Waals surface area contributed by atoms with Crippen LogP contribution in [0.3, 0.4) is 0 Å². The van der Waals surface area contributed by atoms with E-state index in [1.54, 1.807) is 24.1 Å². The Bertz CT molecular complexity index is 1250. The lowest BCUT2D eigenvalue weighted by molar-refractivity contribution is -0.120. The fourth-order valence-corrected chi connectivity index (χ4v) is 6.02. The number of hydrogen-bond acceptors (Lipinski definition) is 7. The van der Waals surface area contributed by atoms with Crippen LogP contribution in [0.5, 0.6) is 0 Å². The van der Waals surface area contributed by atoms with Gasteiger partial charge >= 0.3 is 0 Å². The SMILES string of the molecule is COCC1CNC(=O)[C@H]1c1ccc(C(=O)N2CCN(c3ncc(Cl)cc3Cl)CC2)c(S(C)(=O)=O)c1. The lowest BCUT2D eigenvalue weighted by Gasteiger charge is -2.36. The van der Waals surface area contributed by atoms with E-state index in [1.807, 2.05) is 4.90 Å². The normalized spacial score (nSPS) is 20.7. The van der Waals surface area contributed by atoms with Gasteiger partial charge in [0, 0.05) is 58.2 Å². The van der Waals surface area contributed by atoms with Gasteiger partial charge in [0.25, 0.3) is 5.91 Å². The third-order valence-electron chi connectivity index (χ3n) is 6.32. The summed E-state index contributed by atoms with van der Waals surface area (Å²) >= 11 is 12.2. The van der Waals surface area contributed by atoms with Crippen LogP contribution in [0.4, 0.5) is 5.82 Å². The number of piperazine rings is 1. The van der Waals surface area contributed by atoms with Gasteiger partial charge in [-0.05, 0) is 23.8 Å². The van der Waals surface area contributed by atoms with Crippen LogP contribution in [0, 0.1) is 5.92 Å². The summed E-state index contributed by atoms with van der Waals surface area (Å²) in [6.45, 7) is 2.50. The number of anilines is 1. The monoisotopic (exact) mass is 540 g/mol. The summed E-state index contributed by atoms with van der Waals surface area (Å²) in [7, 11) is -2.18. The minimum Gasteiger partial charge on any atom is -0.384 e. The van der Waals surface area contributed by atoms with E-state index in [0.29, 0.717) is 60.8 Å². The van der Waals surface area contributed by atoms with Gasteiger partial charge in [-0.15, -0.1) is 0 Å². The first-order chi connectivity index (χ1) is 16.6. The Labute approximate surface area is 214 Å². The lowest BCUT2D eigenvalue weighted by Crippen LogP contribution is -2.49. The molecule has 3 heterocycles. The Morgan fingerprint density at radius 2 is 1.91 bits per heavy atom. The van der Waals surface area contributed by atoms with Crippen molar-refractivity contribution in [3.63, 3.8) is 0 Å². The molecule has 9 nitrogen and oxygen atoms in total. The highest BCUT2D eigenvalue weighted by Gasteiger charge is 2.37. The van der Waals surface area contributed by atoms with Crippen LogP contribution in [0.25, 0.3) is 0 Å². The third-order valence-corrected chi connectivity index (χ3v) is 7.94. The second-order valence-electron chi connectivity index (χ2n) is 8.70. The molecule has 2 fully saturated rings. The van der Waals surface area contributed by atoms with Crippen molar-refractivity contribution >= 4 is 50.7 Å². The van der Waals surface area contributed by atoms with E-state index in [1.165, 1.54) is 18.3 Å². The highest BCUT2D eigenvalue weighted by Crippen LogP contribution is 2.33. The van der Waals surface area contributed by atoms with Gasteiger partial charge in [-0.2, -0.15) is 0 Å². The fourth-order valence-electron chi connectivity index (χ4n) is 4.61. The maximum absolute atomic E-state index is 13.4. The third kappa shape index (κ3) is 5.40. The van der Waals surface area contributed by atoms with E-state index in [9.17, 15) is 18.0 Å². The van der Waals surface area contributed by atoms with Crippen LogP contribution in [0.15, 0.2) is 35.4 Å². The molecule has 1 N–H and O–H groups in total. The molecule has 2 amide bonds. The maximum Gasteiger partial charge on any atom is 0.255 e. The summed E-state index contributed by atoms with van der Waals surface area (Å²) in [4.78, 5) is 33.6. The summed E-state index contributed by atoms with van der Waals surface area (Å²) < 4.78 is 30.5. The molecule has 1 unspecified atom stereocenters. The largest absolute Gasteiger partial charge is 0.384 e. The summed E-state index contributed by atoms with van der Waals surface area (Å²) in [6.07, 6.45) is 2.58. The van der Waals surface area contributed by atoms with Crippen molar-refractivity contribution in [2.24, 2.45) is 5.92 Å². The van der Waals surface area contributed by atoms with E-state index < -0.39 is 15.8 Å².